The second-order valence-corrected chi connectivity index (χ2v) is 13.2. The summed E-state index contributed by atoms with van der Waals surface area (Å²) >= 11 is 2.20. The van der Waals surface area contributed by atoms with Gasteiger partial charge < -0.3 is 9.47 Å². The fourth-order valence-corrected chi connectivity index (χ4v) is 5.67. The fourth-order valence-electron chi connectivity index (χ4n) is 5.24. The zero-order chi connectivity index (χ0) is 30.8. The number of hydrogen-bond acceptors (Lipinski definition) is 4. The molecule has 0 aromatic carbocycles. The molecule has 0 unspecified atom stereocenters. The molecule has 0 saturated carbocycles. The molecule has 0 fully saturated rings. The molecule has 0 heterocycles. The highest BCUT2D eigenvalue weighted by Crippen LogP contribution is 2.14. The van der Waals surface area contributed by atoms with Gasteiger partial charge in [0, 0.05) is 17.3 Å². The number of hydrogen-bond donors (Lipinski definition) is 0. The summed E-state index contributed by atoms with van der Waals surface area (Å²) in [5.74, 6) is -0.330. The third-order valence-electron chi connectivity index (χ3n) is 8.03. The molecular formula is C37H69IO4. The second kappa shape index (κ2) is 34.9. The van der Waals surface area contributed by atoms with Crippen LogP contribution in [0.25, 0.3) is 0 Å². The predicted octanol–water partition coefficient (Wildman–Crippen LogP) is 12.4. The van der Waals surface area contributed by atoms with Gasteiger partial charge in [-0.05, 0) is 38.5 Å². The Labute approximate surface area is 275 Å². The van der Waals surface area contributed by atoms with Crippen molar-refractivity contribution in [1.29, 1.82) is 0 Å². The Bertz CT molecular complexity index is 607. The molecule has 4 nitrogen and oxygen atoms in total. The summed E-state index contributed by atoms with van der Waals surface area (Å²) in [6.45, 7) is 4.71. The normalized spacial score (nSPS) is 12.2. The van der Waals surface area contributed by atoms with E-state index in [2.05, 4.69) is 48.6 Å². The first-order valence-corrected chi connectivity index (χ1v) is 19.7. The highest BCUT2D eigenvalue weighted by Gasteiger charge is 2.15. The minimum Gasteiger partial charge on any atom is -0.462 e. The number of alkyl halides is 1. The molecule has 42 heavy (non-hydrogen) atoms. The summed E-state index contributed by atoms with van der Waals surface area (Å²) in [6, 6.07) is 0. The Hall–Kier alpha value is -0.590. The lowest BCUT2D eigenvalue weighted by atomic mass is 10.0. The van der Waals surface area contributed by atoms with Gasteiger partial charge in [-0.1, -0.05) is 177 Å². The Balaban J connectivity index is 3.55. The van der Waals surface area contributed by atoms with Crippen molar-refractivity contribution in [2.45, 2.75) is 200 Å². The standard InChI is InChI=1S/C37H69IO4/c1-3-5-7-9-11-13-15-17-18-20-21-23-25-27-29-31-36(39)41-34-35(33-38)42-37(40)32-30-28-26-24-22-19-16-14-12-10-8-6-4-2/h17-18,35H,3-16,19-34H2,1-2H3/b18-17-/t35-/m0/s1. The molecule has 0 aromatic rings. The summed E-state index contributed by atoms with van der Waals surface area (Å²) in [4.78, 5) is 24.3. The molecule has 0 aliphatic rings. The van der Waals surface area contributed by atoms with Gasteiger partial charge in [0.05, 0.1) is 0 Å². The van der Waals surface area contributed by atoms with E-state index >= 15 is 0 Å². The summed E-state index contributed by atoms with van der Waals surface area (Å²) in [7, 11) is 0. The van der Waals surface area contributed by atoms with Crippen LogP contribution in [0, 0.1) is 0 Å². The van der Waals surface area contributed by atoms with Crippen molar-refractivity contribution >= 4 is 34.5 Å². The molecule has 5 heteroatoms. The summed E-state index contributed by atoms with van der Waals surface area (Å²) in [5, 5.41) is 0. The van der Waals surface area contributed by atoms with Crippen LogP contribution < -0.4 is 0 Å². The molecule has 0 spiro atoms. The van der Waals surface area contributed by atoms with E-state index in [1.54, 1.807) is 0 Å². The molecular weight excluding hydrogens is 635 g/mol. The number of carbonyl (C=O) groups excluding carboxylic acids is 2. The van der Waals surface area contributed by atoms with Crippen LogP contribution in [0.15, 0.2) is 12.2 Å². The van der Waals surface area contributed by atoms with Crippen molar-refractivity contribution < 1.29 is 19.1 Å². The van der Waals surface area contributed by atoms with Crippen LogP contribution in [0.1, 0.15) is 194 Å². The molecule has 0 aliphatic heterocycles. The zero-order valence-corrected chi connectivity index (χ0v) is 30.1. The maximum Gasteiger partial charge on any atom is 0.306 e. The van der Waals surface area contributed by atoms with E-state index in [0.29, 0.717) is 17.3 Å². The van der Waals surface area contributed by atoms with Gasteiger partial charge in [-0.2, -0.15) is 0 Å². The van der Waals surface area contributed by atoms with Crippen molar-refractivity contribution in [3.05, 3.63) is 12.2 Å². The van der Waals surface area contributed by atoms with Crippen LogP contribution >= 0.6 is 22.6 Å². The average Bonchev–Trinajstić information content (AvgIpc) is 2.99. The second-order valence-electron chi connectivity index (χ2n) is 12.3. The van der Waals surface area contributed by atoms with Crippen LogP contribution in [0.3, 0.4) is 0 Å². The number of halogens is 1. The molecule has 1 atom stereocenters. The average molecular weight is 705 g/mol. The van der Waals surface area contributed by atoms with E-state index in [0.717, 1.165) is 25.7 Å². The highest BCUT2D eigenvalue weighted by molar-refractivity contribution is 14.1. The van der Waals surface area contributed by atoms with Gasteiger partial charge in [0.25, 0.3) is 0 Å². The largest absolute Gasteiger partial charge is 0.462 e. The quantitative estimate of drug-likeness (QED) is 0.0224. The summed E-state index contributed by atoms with van der Waals surface area (Å²) < 4.78 is 11.6. The molecule has 0 amide bonds. The van der Waals surface area contributed by atoms with Crippen LogP contribution in [0.2, 0.25) is 0 Å². The maximum atomic E-state index is 12.2. The van der Waals surface area contributed by atoms with Gasteiger partial charge in [0.15, 0.2) is 0 Å². The first-order chi connectivity index (χ1) is 20.6. The van der Waals surface area contributed by atoms with Crippen molar-refractivity contribution in [1.82, 2.24) is 0 Å². The molecule has 0 aliphatic carbocycles. The van der Waals surface area contributed by atoms with Gasteiger partial charge in [-0.15, -0.1) is 0 Å². The highest BCUT2D eigenvalue weighted by atomic mass is 127. The van der Waals surface area contributed by atoms with E-state index in [1.165, 1.54) is 141 Å². The van der Waals surface area contributed by atoms with E-state index in [-0.39, 0.29) is 24.6 Å². The molecule has 0 bridgehead atoms. The predicted molar refractivity (Wildman–Crippen MR) is 189 cm³/mol. The first kappa shape index (κ1) is 41.4. The van der Waals surface area contributed by atoms with Gasteiger partial charge >= 0.3 is 11.9 Å². The van der Waals surface area contributed by atoms with E-state index < -0.39 is 0 Å². The Morgan fingerprint density at radius 1 is 0.524 bits per heavy atom. The lowest BCUT2D eigenvalue weighted by Crippen LogP contribution is -2.26. The number of unbranched alkanes of at least 4 members (excludes halogenated alkanes) is 23. The minimum absolute atomic E-state index is 0.159. The number of allylic oxidation sites excluding steroid dienone is 2. The van der Waals surface area contributed by atoms with E-state index in [9.17, 15) is 9.59 Å². The maximum absolute atomic E-state index is 12.2. The van der Waals surface area contributed by atoms with Crippen molar-refractivity contribution in [3.63, 3.8) is 0 Å². The topological polar surface area (TPSA) is 52.6 Å². The van der Waals surface area contributed by atoms with E-state index in [4.69, 9.17) is 9.47 Å². The van der Waals surface area contributed by atoms with Crippen LogP contribution in [-0.2, 0) is 19.1 Å². The summed E-state index contributed by atoms with van der Waals surface area (Å²) in [5.41, 5.74) is 0. The number of carbonyl (C=O) groups is 2. The number of rotatable bonds is 33. The smallest absolute Gasteiger partial charge is 0.306 e. The molecule has 248 valence electrons. The molecule has 0 N–H and O–H groups in total. The Kier molecular flexibility index (Phi) is 34.4. The Morgan fingerprint density at radius 3 is 1.29 bits per heavy atom. The lowest BCUT2D eigenvalue weighted by Gasteiger charge is -2.15. The Morgan fingerprint density at radius 2 is 0.881 bits per heavy atom. The van der Waals surface area contributed by atoms with Gasteiger partial charge in [-0.3, -0.25) is 9.59 Å². The minimum atomic E-state index is -0.335. The number of ether oxygens (including phenoxy) is 2. The van der Waals surface area contributed by atoms with Crippen LogP contribution in [0.5, 0.6) is 0 Å². The molecule has 0 saturated heterocycles. The first-order valence-electron chi connectivity index (χ1n) is 18.2. The third kappa shape index (κ3) is 32.3. The van der Waals surface area contributed by atoms with Crippen LogP contribution in [0.4, 0.5) is 0 Å². The zero-order valence-electron chi connectivity index (χ0n) is 28.0. The molecule has 0 aromatic heterocycles. The third-order valence-corrected chi connectivity index (χ3v) is 9.01. The van der Waals surface area contributed by atoms with Crippen molar-refractivity contribution in [2.75, 3.05) is 11.0 Å². The summed E-state index contributed by atoms with van der Waals surface area (Å²) in [6.07, 6.45) is 38.3. The van der Waals surface area contributed by atoms with Gasteiger partial charge in [0.1, 0.15) is 12.7 Å². The van der Waals surface area contributed by atoms with Crippen LogP contribution in [-0.4, -0.2) is 29.1 Å². The molecule has 0 radical (unpaired) electrons. The SMILES string of the molecule is CCCCCCCC/C=C\CCCCCCCC(=O)OC[C@H](CI)OC(=O)CCCCCCCCCCCCCCC. The van der Waals surface area contributed by atoms with E-state index in [1.807, 2.05) is 0 Å². The lowest BCUT2D eigenvalue weighted by molar-refractivity contribution is -0.157. The molecule has 0 rings (SSSR count). The number of esters is 2. The van der Waals surface area contributed by atoms with Crippen molar-refractivity contribution in [2.24, 2.45) is 0 Å². The monoisotopic (exact) mass is 704 g/mol. The van der Waals surface area contributed by atoms with Gasteiger partial charge in [-0.25, -0.2) is 0 Å². The van der Waals surface area contributed by atoms with Gasteiger partial charge in [0.2, 0.25) is 0 Å². The fraction of sp³-hybridized carbons (Fsp3) is 0.892. The van der Waals surface area contributed by atoms with Crippen molar-refractivity contribution in [3.8, 4) is 0 Å².